The van der Waals surface area contributed by atoms with Crippen molar-refractivity contribution in [3.05, 3.63) is 46.9 Å². The van der Waals surface area contributed by atoms with Crippen LogP contribution in [0, 0.1) is 5.92 Å². The summed E-state index contributed by atoms with van der Waals surface area (Å²) in [5.41, 5.74) is -0.182. The minimum absolute atomic E-state index is 0.0403. The molecule has 4 heterocycles. The van der Waals surface area contributed by atoms with Crippen LogP contribution < -0.4 is 10.5 Å². The standard InChI is InChI=1S/C19H25N5O3/c25-18-17(20-5-6-21-18)23-8-10-24(11-9-23)19(26)15-3-1-7-22(13-15)14-16-4-2-12-27-16/h2,4-6,12,15H,1,3,7-11,13-14H2,(H,21,25). The van der Waals surface area contributed by atoms with Crippen LogP contribution >= 0.6 is 0 Å². The Bertz CT molecular complexity index is 811. The first kappa shape index (κ1) is 17.8. The van der Waals surface area contributed by atoms with E-state index >= 15 is 0 Å². The quantitative estimate of drug-likeness (QED) is 0.860. The maximum atomic E-state index is 13.0. The molecular formula is C19H25N5O3. The molecule has 8 nitrogen and oxygen atoms in total. The van der Waals surface area contributed by atoms with Gasteiger partial charge in [-0.05, 0) is 31.5 Å². The van der Waals surface area contributed by atoms with E-state index in [0.717, 1.165) is 38.2 Å². The molecule has 0 saturated carbocycles. The largest absolute Gasteiger partial charge is 0.468 e. The summed E-state index contributed by atoms with van der Waals surface area (Å²) in [6, 6.07) is 3.87. The zero-order valence-electron chi connectivity index (χ0n) is 15.3. The van der Waals surface area contributed by atoms with E-state index in [1.807, 2.05) is 21.9 Å². The van der Waals surface area contributed by atoms with Crippen LogP contribution in [0.4, 0.5) is 5.82 Å². The van der Waals surface area contributed by atoms with Crippen LogP contribution in [0.5, 0.6) is 0 Å². The third kappa shape index (κ3) is 4.05. The average molecular weight is 371 g/mol. The summed E-state index contributed by atoms with van der Waals surface area (Å²) in [5.74, 6) is 1.65. The second-order valence-electron chi connectivity index (χ2n) is 7.21. The van der Waals surface area contributed by atoms with Gasteiger partial charge in [0, 0.05) is 45.1 Å². The molecule has 8 heteroatoms. The summed E-state index contributed by atoms with van der Waals surface area (Å²) in [6.45, 7) is 5.06. The van der Waals surface area contributed by atoms with Gasteiger partial charge in [0.05, 0.1) is 18.7 Å². The smallest absolute Gasteiger partial charge is 0.290 e. The van der Waals surface area contributed by atoms with E-state index in [4.69, 9.17) is 4.42 Å². The van der Waals surface area contributed by atoms with Crippen molar-refractivity contribution in [2.75, 3.05) is 44.2 Å². The molecule has 2 aliphatic heterocycles. The van der Waals surface area contributed by atoms with Crippen molar-refractivity contribution in [3.8, 4) is 0 Å². The van der Waals surface area contributed by atoms with Gasteiger partial charge >= 0.3 is 0 Å². The van der Waals surface area contributed by atoms with E-state index in [1.54, 1.807) is 12.5 Å². The highest BCUT2D eigenvalue weighted by Crippen LogP contribution is 2.22. The number of hydrogen-bond donors (Lipinski definition) is 1. The van der Waals surface area contributed by atoms with Crippen LogP contribution in [0.15, 0.2) is 40.0 Å². The van der Waals surface area contributed by atoms with E-state index in [0.29, 0.717) is 32.0 Å². The van der Waals surface area contributed by atoms with Gasteiger partial charge in [0.1, 0.15) is 5.76 Å². The molecule has 2 saturated heterocycles. The first-order valence-corrected chi connectivity index (χ1v) is 9.53. The highest BCUT2D eigenvalue weighted by molar-refractivity contribution is 5.79. The Kier molecular flexibility index (Phi) is 5.24. The van der Waals surface area contributed by atoms with Gasteiger partial charge in [0.2, 0.25) is 5.91 Å². The van der Waals surface area contributed by atoms with E-state index in [-0.39, 0.29) is 17.4 Å². The predicted molar refractivity (Wildman–Crippen MR) is 100 cm³/mol. The summed E-state index contributed by atoms with van der Waals surface area (Å²) in [7, 11) is 0. The van der Waals surface area contributed by atoms with Gasteiger partial charge in [0.25, 0.3) is 5.56 Å². The monoisotopic (exact) mass is 371 g/mol. The van der Waals surface area contributed by atoms with Gasteiger partial charge in [0.15, 0.2) is 5.82 Å². The molecule has 27 heavy (non-hydrogen) atoms. The zero-order valence-corrected chi connectivity index (χ0v) is 15.3. The molecule has 1 unspecified atom stereocenters. The maximum absolute atomic E-state index is 13.0. The van der Waals surface area contributed by atoms with Crippen molar-refractivity contribution in [2.24, 2.45) is 5.92 Å². The Labute approximate surface area is 157 Å². The topological polar surface area (TPSA) is 85.7 Å². The molecule has 2 aromatic rings. The number of nitrogens with one attached hydrogen (secondary N) is 1. The number of anilines is 1. The molecule has 0 aliphatic carbocycles. The minimum atomic E-state index is -0.182. The second-order valence-corrected chi connectivity index (χ2v) is 7.21. The lowest BCUT2D eigenvalue weighted by Crippen LogP contribution is -2.53. The third-order valence-corrected chi connectivity index (χ3v) is 5.39. The Morgan fingerprint density at radius 3 is 2.85 bits per heavy atom. The number of aromatic nitrogens is 2. The zero-order chi connectivity index (χ0) is 18.6. The van der Waals surface area contributed by atoms with Gasteiger partial charge in [-0.25, -0.2) is 4.98 Å². The van der Waals surface area contributed by atoms with Crippen LogP contribution in [-0.2, 0) is 11.3 Å². The molecule has 1 atom stereocenters. The van der Waals surface area contributed by atoms with Crippen molar-refractivity contribution in [1.82, 2.24) is 19.8 Å². The predicted octanol–water partition coefficient (Wildman–Crippen LogP) is 0.924. The Hall–Kier alpha value is -2.61. The number of nitrogens with zero attached hydrogens (tertiary/aromatic N) is 4. The molecule has 0 spiro atoms. The number of aromatic amines is 1. The molecule has 0 radical (unpaired) electrons. The molecule has 0 aromatic carbocycles. The van der Waals surface area contributed by atoms with Crippen molar-refractivity contribution in [1.29, 1.82) is 0 Å². The summed E-state index contributed by atoms with van der Waals surface area (Å²) >= 11 is 0. The van der Waals surface area contributed by atoms with Crippen LogP contribution in [0.2, 0.25) is 0 Å². The summed E-state index contributed by atoms with van der Waals surface area (Å²) in [6.07, 6.45) is 6.77. The lowest BCUT2D eigenvalue weighted by atomic mass is 9.96. The number of carbonyl (C=O) groups excluding carboxylic acids is 1. The van der Waals surface area contributed by atoms with Crippen molar-refractivity contribution in [2.45, 2.75) is 19.4 Å². The Balaban J connectivity index is 1.32. The fourth-order valence-electron chi connectivity index (χ4n) is 3.99. The van der Waals surface area contributed by atoms with Crippen molar-refractivity contribution in [3.63, 3.8) is 0 Å². The van der Waals surface area contributed by atoms with Gasteiger partial charge in [-0.1, -0.05) is 0 Å². The number of furan rings is 1. The Morgan fingerprint density at radius 2 is 2.11 bits per heavy atom. The fraction of sp³-hybridized carbons (Fsp3) is 0.526. The van der Waals surface area contributed by atoms with Gasteiger partial charge < -0.3 is 19.2 Å². The Morgan fingerprint density at radius 1 is 1.26 bits per heavy atom. The van der Waals surface area contributed by atoms with Crippen LogP contribution in [0.3, 0.4) is 0 Å². The van der Waals surface area contributed by atoms with E-state index in [1.165, 1.54) is 6.20 Å². The van der Waals surface area contributed by atoms with Crippen molar-refractivity contribution < 1.29 is 9.21 Å². The molecule has 2 aliphatic rings. The van der Waals surface area contributed by atoms with Crippen molar-refractivity contribution >= 4 is 11.7 Å². The average Bonchev–Trinajstić information content (AvgIpc) is 3.21. The summed E-state index contributed by atoms with van der Waals surface area (Å²) < 4.78 is 5.44. The minimum Gasteiger partial charge on any atom is -0.468 e. The highest BCUT2D eigenvalue weighted by Gasteiger charge is 2.31. The molecular weight excluding hydrogens is 346 g/mol. The SMILES string of the molecule is O=C(C1CCCN(Cc2ccco2)C1)N1CCN(c2ncc[nH]c2=O)CC1. The molecule has 0 bridgehead atoms. The molecule has 2 fully saturated rings. The highest BCUT2D eigenvalue weighted by atomic mass is 16.3. The van der Waals surface area contributed by atoms with Gasteiger partial charge in [-0.2, -0.15) is 0 Å². The molecule has 4 rings (SSSR count). The number of H-pyrrole nitrogens is 1. The first-order chi connectivity index (χ1) is 13.2. The summed E-state index contributed by atoms with van der Waals surface area (Å²) in [4.78, 5) is 37.9. The molecule has 1 N–H and O–H groups in total. The lowest BCUT2D eigenvalue weighted by Gasteiger charge is -2.39. The number of piperazine rings is 1. The van der Waals surface area contributed by atoms with Gasteiger partial charge in [-0.3, -0.25) is 14.5 Å². The van der Waals surface area contributed by atoms with Gasteiger partial charge in [-0.15, -0.1) is 0 Å². The normalized spacial score (nSPS) is 21.4. The van der Waals surface area contributed by atoms with E-state index in [2.05, 4.69) is 14.9 Å². The number of likely N-dealkylation sites (tertiary alicyclic amines) is 1. The molecule has 1 amide bonds. The molecule has 2 aromatic heterocycles. The third-order valence-electron chi connectivity index (χ3n) is 5.39. The van der Waals surface area contributed by atoms with E-state index < -0.39 is 0 Å². The lowest BCUT2D eigenvalue weighted by molar-refractivity contribution is -0.137. The number of rotatable bonds is 4. The second kappa shape index (κ2) is 7.96. The van der Waals surface area contributed by atoms with E-state index in [9.17, 15) is 9.59 Å². The summed E-state index contributed by atoms with van der Waals surface area (Å²) in [5, 5.41) is 0. The number of amides is 1. The van der Waals surface area contributed by atoms with Crippen LogP contribution in [0.1, 0.15) is 18.6 Å². The number of carbonyl (C=O) groups is 1. The number of piperidine rings is 1. The fourth-order valence-corrected chi connectivity index (χ4v) is 3.99. The molecule has 144 valence electrons. The maximum Gasteiger partial charge on any atom is 0.290 e. The first-order valence-electron chi connectivity index (χ1n) is 9.53. The van der Waals surface area contributed by atoms with Crippen LogP contribution in [0.25, 0.3) is 0 Å². The number of hydrogen-bond acceptors (Lipinski definition) is 6. The van der Waals surface area contributed by atoms with Crippen LogP contribution in [-0.4, -0.2) is 64.9 Å².